The molecule has 2 atom stereocenters. The Bertz CT molecular complexity index is 168. The zero-order valence-electron chi connectivity index (χ0n) is 8.40. The van der Waals surface area contributed by atoms with Crippen molar-refractivity contribution < 1.29 is 0 Å². The van der Waals surface area contributed by atoms with E-state index in [1.807, 2.05) is 0 Å². The monoisotopic (exact) mass is 164 g/mol. The van der Waals surface area contributed by atoms with Crippen LogP contribution >= 0.6 is 0 Å². The highest BCUT2D eigenvalue weighted by molar-refractivity contribution is 5.05. The fourth-order valence-electron chi connectivity index (χ4n) is 2.08. The van der Waals surface area contributed by atoms with Gasteiger partial charge in [0.1, 0.15) is 0 Å². The summed E-state index contributed by atoms with van der Waals surface area (Å²) in [6, 6.07) is 0. The van der Waals surface area contributed by atoms with Gasteiger partial charge in [-0.05, 0) is 44.9 Å². The smallest absolute Gasteiger partial charge is 0.0203 e. The molecule has 0 heteroatoms. The molecule has 2 unspecified atom stereocenters. The molecule has 0 heterocycles. The van der Waals surface area contributed by atoms with Crippen LogP contribution in [0, 0.1) is 11.8 Å². The molecule has 12 heavy (non-hydrogen) atoms. The van der Waals surface area contributed by atoms with E-state index in [2.05, 4.69) is 27.0 Å². The van der Waals surface area contributed by atoms with Gasteiger partial charge in [0, 0.05) is 0 Å². The van der Waals surface area contributed by atoms with E-state index >= 15 is 0 Å². The molecule has 68 valence electrons. The minimum Gasteiger partial charge on any atom is -0.0999 e. The minimum atomic E-state index is 0.764. The third-order valence-electron chi connectivity index (χ3n) is 3.07. The van der Waals surface area contributed by atoms with Gasteiger partial charge < -0.3 is 0 Å². The number of allylic oxidation sites excluding steroid dienone is 2. The van der Waals surface area contributed by atoms with Gasteiger partial charge in [-0.2, -0.15) is 0 Å². The second kappa shape index (κ2) is 3.93. The van der Waals surface area contributed by atoms with E-state index in [1.54, 1.807) is 0 Å². The highest BCUT2D eigenvalue weighted by Gasteiger charge is 2.22. The van der Waals surface area contributed by atoms with Crippen molar-refractivity contribution in [1.82, 2.24) is 0 Å². The maximum atomic E-state index is 4.04. The first-order chi connectivity index (χ1) is 5.61. The van der Waals surface area contributed by atoms with E-state index < -0.39 is 0 Å². The fourth-order valence-corrected chi connectivity index (χ4v) is 2.08. The maximum absolute atomic E-state index is 4.04. The molecule has 1 aliphatic carbocycles. The zero-order valence-corrected chi connectivity index (χ0v) is 8.40. The van der Waals surface area contributed by atoms with E-state index in [0.29, 0.717) is 0 Å². The fraction of sp³-hybridized carbons (Fsp3) is 0.667. The Morgan fingerprint density at radius 3 is 1.75 bits per heavy atom. The van der Waals surface area contributed by atoms with Crippen LogP contribution in [0.4, 0.5) is 0 Å². The molecule has 0 spiro atoms. The minimum absolute atomic E-state index is 0.764. The Labute approximate surface area is 76.4 Å². The molecule has 0 nitrogen and oxygen atoms in total. The molecule has 0 aliphatic heterocycles. The first kappa shape index (κ1) is 9.57. The van der Waals surface area contributed by atoms with Crippen molar-refractivity contribution in [1.29, 1.82) is 0 Å². The maximum Gasteiger partial charge on any atom is -0.0203 e. The summed E-state index contributed by atoms with van der Waals surface area (Å²) in [6.45, 7) is 12.4. The first-order valence-electron chi connectivity index (χ1n) is 4.92. The van der Waals surface area contributed by atoms with Crippen molar-refractivity contribution >= 4 is 0 Å². The lowest BCUT2D eigenvalue weighted by molar-refractivity contribution is 0.329. The predicted octanol–water partition coefficient (Wildman–Crippen LogP) is 3.95. The normalized spacial score (nSPS) is 29.8. The van der Waals surface area contributed by atoms with E-state index in [1.165, 1.54) is 36.8 Å². The van der Waals surface area contributed by atoms with Crippen LogP contribution in [0.3, 0.4) is 0 Å². The van der Waals surface area contributed by atoms with Crippen molar-refractivity contribution in [3.8, 4) is 0 Å². The summed E-state index contributed by atoms with van der Waals surface area (Å²) >= 11 is 0. The zero-order chi connectivity index (χ0) is 9.14. The molecule has 1 saturated carbocycles. The summed E-state index contributed by atoms with van der Waals surface area (Å²) in [4.78, 5) is 0. The third-order valence-corrected chi connectivity index (χ3v) is 3.07. The quantitative estimate of drug-likeness (QED) is 0.542. The summed E-state index contributed by atoms with van der Waals surface area (Å²) in [5.74, 6) is 1.53. The predicted molar refractivity (Wildman–Crippen MR) is 55.1 cm³/mol. The summed E-state index contributed by atoms with van der Waals surface area (Å²) in [7, 11) is 0. The second-order valence-corrected chi connectivity index (χ2v) is 4.25. The molecule has 0 radical (unpaired) electrons. The molecule has 0 N–H and O–H groups in total. The van der Waals surface area contributed by atoms with Crippen LogP contribution in [-0.2, 0) is 0 Å². The van der Waals surface area contributed by atoms with Crippen LogP contribution in [0.2, 0.25) is 0 Å². The topological polar surface area (TPSA) is 0 Å². The molecule has 0 saturated heterocycles. The van der Waals surface area contributed by atoms with Gasteiger partial charge in [-0.1, -0.05) is 30.7 Å². The lowest BCUT2D eigenvalue weighted by Gasteiger charge is -2.29. The lowest BCUT2D eigenvalue weighted by atomic mass is 9.76. The van der Waals surface area contributed by atoms with Crippen LogP contribution in [0.1, 0.15) is 39.5 Å². The van der Waals surface area contributed by atoms with Crippen molar-refractivity contribution in [3.63, 3.8) is 0 Å². The van der Waals surface area contributed by atoms with E-state index in [0.717, 1.165) is 11.8 Å². The molecule has 1 rings (SSSR count). The average Bonchev–Trinajstić information content (AvgIpc) is 2.04. The third kappa shape index (κ3) is 2.23. The van der Waals surface area contributed by atoms with Crippen LogP contribution in [0.5, 0.6) is 0 Å². The van der Waals surface area contributed by atoms with Gasteiger partial charge in [-0.3, -0.25) is 0 Å². The Morgan fingerprint density at radius 2 is 1.42 bits per heavy atom. The van der Waals surface area contributed by atoms with Crippen molar-refractivity contribution in [2.75, 3.05) is 0 Å². The summed E-state index contributed by atoms with van der Waals surface area (Å²) < 4.78 is 0. The van der Waals surface area contributed by atoms with Gasteiger partial charge in [-0.15, -0.1) is 0 Å². The van der Waals surface area contributed by atoms with Gasteiger partial charge in [0.05, 0.1) is 0 Å². The van der Waals surface area contributed by atoms with Crippen molar-refractivity contribution in [2.24, 2.45) is 11.8 Å². The Morgan fingerprint density at radius 1 is 1.00 bits per heavy atom. The largest absolute Gasteiger partial charge is 0.0999 e. The Kier molecular flexibility index (Phi) is 3.13. The standard InChI is InChI=1S/C12H20/c1-9(2)11-6-5-7-12(8-11)10(3)4/h11-12H,1,3,5-8H2,2,4H3. The van der Waals surface area contributed by atoms with Crippen LogP contribution in [0.25, 0.3) is 0 Å². The van der Waals surface area contributed by atoms with Crippen molar-refractivity contribution in [3.05, 3.63) is 24.3 Å². The van der Waals surface area contributed by atoms with Gasteiger partial charge >= 0.3 is 0 Å². The molecular formula is C12H20. The van der Waals surface area contributed by atoms with E-state index in [9.17, 15) is 0 Å². The molecule has 1 fully saturated rings. The Hall–Kier alpha value is -0.520. The van der Waals surface area contributed by atoms with Crippen molar-refractivity contribution in [2.45, 2.75) is 39.5 Å². The van der Waals surface area contributed by atoms with E-state index in [4.69, 9.17) is 0 Å². The lowest BCUT2D eigenvalue weighted by Crippen LogP contribution is -2.16. The van der Waals surface area contributed by atoms with Gasteiger partial charge in [0.2, 0.25) is 0 Å². The number of hydrogen-bond acceptors (Lipinski definition) is 0. The average molecular weight is 164 g/mol. The molecule has 0 aromatic heterocycles. The SMILES string of the molecule is C=C(C)C1CCCC(C(=C)C)C1. The molecule has 0 aromatic carbocycles. The van der Waals surface area contributed by atoms with Gasteiger partial charge in [-0.25, -0.2) is 0 Å². The molecule has 0 amide bonds. The summed E-state index contributed by atoms with van der Waals surface area (Å²) in [5, 5.41) is 0. The highest BCUT2D eigenvalue weighted by atomic mass is 14.3. The highest BCUT2D eigenvalue weighted by Crippen LogP contribution is 2.35. The summed E-state index contributed by atoms with van der Waals surface area (Å²) in [6.07, 6.45) is 5.35. The Balaban J connectivity index is 2.51. The van der Waals surface area contributed by atoms with Gasteiger partial charge in [0.25, 0.3) is 0 Å². The van der Waals surface area contributed by atoms with E-state index in [-0.39, 0.29) is 0 Å². The molecule has 1 aliphatic rings. The first-order valence-corrected chi connectivity index (χ1v) is 4.92. The van der Waals surface area contributed by atoms with Crippen LogP contribution in [-0.4, -0.2) is 0 Å². The number of rotatable bonds is 2. The van der Waals surface area contributed by atoms with Crippen LogP contribution < -0.4 is 0 Å². The second-order valence-electron chi connectivity index (χ2n) is 4.25. The summed E-state index contributed by atoms with van der Waals surface area (Å²) in [5.41, 5.74) is 2.72. The number of hydrogen-bond donors (Lipinski definition) is 0. The molecule has 0 aromatic rings. The van der Waals surface area contributed by atoms with Crippen LogP contribution in [0.15, 0.2) is 24.3 Å². The van der Waals surface area contributed by atoms with Gasteiger partial charge in [0.15, 0.2) is 0 Å². The molecular weight excluding hydrogens is 144 g/mol. The molecule has 0 bridgehead atoms.